The molecule has 0 amide bonds. The lowest BCUT2D eigenvalue weighted by molar-refractivity contribution is 0.154. The van der Waals surface area contributed by atoms with Crippen LogP contribution in [0.15, 0.2) is 0 Å². The Labute approximate surface area is 109 Å². The third-order valence-corrected chi connectivity index (χ3v) is 5.18. The van der Waals surface area contributed by atoms with Crippen molar-refractivity contribution in [1.82, 2.24) is 0 Å². The highest BCUT2D eigenvalue weighted by atomic mass is 14.7. The Morgan fingerprint density at radius 2 is 1.82 bits per heavy atom. The lowest BCUT2D eigenvalue weighted by Gasteiger charge is -2.38. The van der Waals surface area contributed by atoms with Gasteiger partial charge >= 0.3 is 0 Å². The van der Waals surface area contributed by atoms with Crippen LogP contribution in [0, 0.1) is 23.7 Å². The largest absolute Gasteiger partial charge is 0.327 e. The number of hydrogen-bond donors (Lipinski definition) is 1. The van der Waals surface area contributed by atoms with Gasteiger partial charge in [-0.2, -0.15) is 0 Å². The predicted molar refractivity (Wildman–Crippen MR) is 77.0 cm³/mol. The summed E-state index contributed by atoms with van der Waals surface area (Å²) in [5, 5.41) is 0. The van der Waals surface area contributed by atoms with Crippen molar-refractivity contribution in [2.75, 3.05) is 0 Å². The lowest BCUT2D eigenvalue weighted by atomic mass is 9.70. The predicted octanol–water partition coefficient (Wildman–Crippen LogP) is 4.60. The number of rotatable bonds is 6. The van der Waals surface area contributed by atoms with Crippen LogP contribution in [0.2, 0.25) is 0 Å². The fraction of sp³-hybridized carbons (Fsp3) is 1.00. The molecule has 0 aromatic heterocycles. The minimum Gasteiger partial charge on any atom is -0.327 e. The third-order valence-electron chi connectivity index (χ3n) is 5.18. The molecule has 0 saturated heterocycles. The smallest absolute Gasteiger partial charge is 0.00956 e. The monoisotopic (exact) mass is 239 g/mol. The molecule has 0 aliphatic heterocycles. The molecule has 0 aromatic rings. The minimum absolute atomic E-state index is 0.460. The second-order valence-corrected chi connectivity index (χ2v) is 6.42. The summed E-state index contributed by atoms with van der Waals surface area (Å²) in [6.07, 6.45) is 9.40. The van der Waals surface area contributed by atoms with E-state index in [-0.39, 0.29) is 0 Å². The van der Waals surface area contributed by atoms with Crippen LogP contribution in [-0.2, 0) is 0 Å². The molecule has 1 aliphatic rings. The van der Waals surface area contributed by atoms with Gasteiger partial charge in [0, 0.05) is 6.04 Å². The molecule has 17 heavy (non-hydrogen) atoms. The van der Waals surface area contributed by atoms with Crippen LogP contribution in [0.4, 0.5) is 0 Å². The molecule has 0 radical (unpaired) electrons. The second kappa shape index (κ2) is 7.41. The summed E-state index contributed by atoms with van der Waals surface area (Å²) < 4.78 is 0. The van der Waals surface area contributed by atoms with E-state index >= 15 is 0 Å². The SMILES string of the molecule is CCCCC(CC)C(N)C1CCC(C)C(C)C1. The molecule has 5 atom stereocenters. The highest BCUT2D eigenvalue weighted by Gasteiger charge is 2.31. The van der Waals surface area contributed by atoms with E-state index in [2.05, 4.69) is 27.7 Å². The van der Waals surface area contributed by atoms with Crippen LogP contribution < -0.4 is 5.73 Å². The molecule has 1 aliphatic carbocycles. The first-order chi connectivity index (χ1) is 8.10. The van der Waals surface area contributed by atoms with Gasteiger partial charge in [0.05, 0.1) is 0 Å². The van der Waals surface area contributed by atoms with Crippen LogP contribution in [0.5, 0.6) is 0 Å². The molecule has 1 rings (SSSR count). The molecule has 102 valence electrons. The van der Waals surface area contributed by atoms with Gasteiger partial charge in [0.1, 0.15) is 0 Å². The van der Waals surface area contributed by atoms with Gasteiger partial charge in [-0.25, -0.2) is 0 Å². The lowest BCUT2D eigenvalue weighted by Crippen LogP contribution is -2.40. The van der Waals surface area contributed by atoms with Crippen LogP contribution >= 0.6 is 0 Å². The van der Waals surface area contributed by atoms with Crippen LogP contribution in [0.25, 0.3) is 0 Å². The Balaban J connectivity index is 2.46. The highest BCUT2D eigenvalue weighted by Crippen LogP contribution is 2.37. The van der Waals surface area contributed by atoms with Gasteiger partial charge in [0.25, 0.3) is 0 Å². The molecule has 1 saturated carbocycles. The molecule has 1 fully saturated rings. The maximum absolute atomic E-state index is 6.55. The van der Waals surface area contributed by atoms with Crippen LogP contribution in [0.3, 0.4) is 0 Å². The van der Waals surface area contributed by atoms with E-state index in [1.54, 1.807) is 0 Å². The van der Waals surface area contributed by atoms with Gasteiger partial charge in [-0.1, -0.05) is 53.4 Å². The molecular formula is C16H33N. The number of nitrogens with two attached hydrogens (primary N) is 1. The molecule has 0 bridgehead atoms. The van der Waals surface area contributed by atoms with Crippen molar-refractivity contribution in [3.05, 3.63) is 0 Å². The molecule has 0 aromatic carbocycles. The van der Waals surface area contributed by atoms with E-state index in [9.17, 15) is 0 Å². The van der Waals surface area contributed by atoms with Gasteiger partial charge < -0.3 is 5.73 Å². The first kappa shape index (κ1) is 15.0. The average Bonchev–Trinajstić information content (AvgIpc) is 2.33. The van der Waals surface area contributed by atoms with E-state index in [0.717, 1.165) is 23.7 Å². The molecule has 0 spiro atoms. The van der Waals surface area contributed by atoms with Crippen molar-refractivity contribution >= 4 is 0 Å². The van der Waals surface area contributed by atoms with E-state index in [0.29, 0.717) is 6.04 Å². The zero-order chi connectivity index (χ0) is 12.8. The Kier molecular flexibility index (Phi) is 6.54. The number of hydrogen-bond acceptors (Lipinski definition) is 1. The van der Waals surface area contributed by atoms with Gasteiger partial charge in [-0.3, -0.25) is 0 Å². The Bertz CT molecular complexity index is 202. The van der Waals surface area contributed by atoms with Gasteiger partial charge in [0.2, 0.25) is 0 Å². The summed E-state index contributed by atoms with van der Waals surface area (Å²) in [5.74, 6) is 3.35. The standard InChI is InChI=1S/C16H33N/c1-5-7-8-14(6-2)16(17)15-10-9-12(3)13(4)11-15/h12-16H,5-11,17H2,1-4H3. The van der Waals surface area contributed by atoms with Crippen molar-refractivity contribution in [3.63, 3.8) is 0 Å². The first-order valence-corrected chi connectivity index (χ1v) is 7.85. The molecule has 0 heterocycles. The van der Waals surface area contributed by atoms with Gasteiger partial charge in [0.15, 0.2) is 0 Å². The molecule has 2 N–H and O–H groups in total. The summed E-state index contributed by atoms with van der Waals surface area (Å²) in [6.45, 7) is 9.41. The van der Waals surface area contributed by atoms with E-state index in [1.807, 2.05) is 0 Å². The van der Waals surface area contributed by atoms with Crippen molar-refractivity contribution in [3.8, 4) is 0 Å². The molecule has 1 heteroatoms. The van der Waals surface area contributed by atoms with Crippen molar-refractivity contribution < 1.29 is 0 Å². The topological polar surface area (TPSA) is 26.0 Å². The zero-order valence-corrected chi connectivity index (χ0v) is 12.4. The van der Waals surface area contributed by atoms with E-state index in [4.69, 9.17) is 5.73 Å². The summed E-state index contributed by atoms with van der Waals surface area (Å²) in [5.41, 5.74) is 6.55. The summed E-state index contributed by atoms with van der Waals surface area (Å²) in [4.78, 5) is 0. The molecule has 5 unspecified atom stereocenters. The van der Waals surface area contributed by atoms with Gasteiger partial charge in [-0.15, -0.1) is 0 Å². The maximum Gasteiger partial charge on any atom is 0.00956 e. The fourth-order valence-electron chi connectivity index (χ4n) is 3.46. The minimum atomic E-state index is 0.460. The maximum atomic E-state index is 6.55. The Hall–Kier alpha value is -0.0400. The van der Waals surface area contributed by atoms with E-state index < -0.39 is 0 Å². The Morgan fingerprint density at radius 1 is 1.12 bits per heavy atom. The highest BCUT2D eigenvalue weighted by molar-refractivity contribution is 4.85. The first-order valence-electron chi connectivity index (χ1n) is 7.85. The van der Waals surface area contributed by atoms with Crippen molar-refractivity contribution in [1.29, 1.82) is 0 Å². The fourth-order valence-corrected chi connectivity index (χ4v) is 3.46. The quantitative estimate of drug-likeness (QED) is 0.720. The second-order valence-electron chi connectivity index (χ2n) is 6.42. The van der Waals surface area contributed by atoms with Crippen molar-refractivity contribution in [2.45, 2.75) is 78.7 Å². The zero-order valence-electron chi connectivity index (χ0n) is 12.4. The van der Waals surface area contributed by atoms with Gasteiger partial charge in [-0.05, 0) is 42.9 Å². The molecule has 1 nitrogen and oxygen atoms in total. The molecular weight excluding hydrogens is 206 g/mol. The van der Waals surface area contributed by atoms with Crippen LogP contribution in [0.1, 0.15) is 72.6 Å². The average molecular weight is 239 g/mol. The number of unbranched alkanes of at least 4 members (excludes halogenated alkanes) is 1. The van der Waals surface area contributed by atoms with Crippen LogP contribution in [-0.4, -0.2) is 6.04 Å². The normalized spacial score (nSPS) is 33.4. The van der Waals surface area contributed by atoms with E-state index in [1.165, 1.54) is 44.9 Å². The summed E-state index contributed by atoms with van der Waals surface area (Å²) in [7, 11) is 0. The summed E-state index contributed by atoms with van der Waals surface area (Å²) >= 11 is 0. The Morgan fingerprint density at radius 3 is 2.35 bits per heavy atom. The van der Waals surface area contributed by atoms with Crippen molar-refractivity contribution in [2.24, 2.45) is 29.4 Å². The summed E-state index contributed by atoms with van der Waals surface area (Å²) in [6, 6.07) is 0.460. The third kappa shape index (κ3) is 4.28.